The summed E-state index contributed by atoms with van der Waals surface area (Å²) in [6.07, 6.45) is 0.259. The average Bonchev–Trinajstić information content (AvgIpc) is 2.81. The van der Waals surface area contributed by atoms with Crippen LogP contribution in [0.15, 0.2) is 60.7 Å². The lowest BCUT2D eigenvalue weighted by molar-refractivity contribution is -0.149. The van der Waals surface area contributed by atoms with Crippen molar-refractivity contribution in [3.8, 4) is 0 Å². The first-order valence-electron chi connectivity index (χ1n) is 11.0. The molecule has 1 heterocycles. The Morgan fingerprint density at radius 1 is 0.906 bits per heavy atom. The van der Waals surface area contributed by atoms with Gasteiger partial charge in [0, 0.05) is 13.0 Å². The highest BCUT2D eigenvalue weighted by Crippen LogP contribution is 2.39. The summed E-state index contributed by atoms with van der Waals surface area (Å²) >= 11 is 0. The highest BCUT2D eigenvalue weighted by Gasteiger charge is 2.52. The largest absolute Gasteiger partial charge is 0.467 e. The molecule has 7 heteroatoms. The van der Waals surface area contributed by atoms with E-state index in [4.69, 9.17) is 13.9 Å². The standard InChI is InChI=1S/C25H33NO5Si/c1-25(2,3)32(20-12-8-6-9-13-20,21-14-10-7-11-15-21)31-19-16-17-26(24(28)30-5)22(18-19)23(27)29-4/h6-15,19,22H,16-18H2,1-5H3/t19-,22+/m1/s1. The zero-order chi connectivity index (χ0) is 23.4. The molecule has 0 aromatic heterocycles. The normalized spacial score (nSPS) is 19.3. The van der Waals surface area contributed by atoms with Gasteiger partial charge in [-0.2, -0.15) is 0 Å². The minimum atomic E-state index is -2.76. The second-order valence-corrected chi connectivity index (χ2v) is 13.4. The van der Waals surface area contributed by atoms with Gasteiger partial charge in [0.15, 0.2) is 0 Å². The molecule has 1 amide bonds. The Morgan fingerprint density at radius 2 is 1.44 bits per heavy atom. The molecule has 2 aromatic carbocycles. The van der Waals surface area contributed by atoms with Crippen LogP contribution in [0, 0.1) is 0 Å². The smallest absolute Gasteiger partial charge is 0.410 e. The maximum Gasteiger partial charge on any atom is 0.410 e. The molecule has 0 radical (unpaired) electrons. The quantitative estimate of drug-likeness (QED) is 0.511. The number of benzene rings is 2. The fourth-order valence-corrected chi connectivity index (χ4v) is 9.41. The summed E-state index contributed by atoms with van der Waals surface area (Å²) in [5.41, 5.74) is 0. The molecule has 6 nitrogen and oxygen atoms in total. The van der Waals surface area contributed by atoms with Crippen LogP contribution in [0.3, 0.4) is 0 Å². The van der Waals surface area contributed by atoms with Crippen molar-refractivity contribution in [3.63, 3.8) is 0 Å². The Balaban J connectivity index is 2.04. The molecule has 1 aliphatic rings. The number of carbonyl (C=O) groups is 2. The van der Waals surface area contributed by atoms with Crippen molar-refractivity contribution in [2.24, 2.45) is 0 Å². The summed E-state index contributed by atoms with van der Waals surface area (Å²) in [6.45, 7) is 7.04. The molecule has 1 fully saturated rings. The SMILES string of the molecule is COC(=O)[C@@H]1C[C@H](O[Si](c2ccccc2)(c2ccccc2)C(C)(C)C)CCN1C(=O)OC. The third-order valence-electron chi connectivity index (χ3n) is 6.20. The van der Waals surface area contributed by atoms with E-state index in [1.165, 1.54) is 29.5 Å². The first-order valence-corrected chi connectivity index (χ1v) is 12.9. The van der Waals surface area contributed by atoms with Crippen LogP contribution in [0.1, 0.15) is 33.6 Å². The number of rotatable bonds is 5. The van der Waals surface area contributed by atoms with Crippen LogP contribution in [-0.4, -0.2) is 58.2 Å². The molecule has 172 valence electrons. The molecular formula is C25H33NO5Si. The average molecular weight is 456 g/mol. The van der Waals surface area contributed by atoms with E-state index < -0.39 is 26.4 Å². The molecule has 0 saturated carbocycles. The maximum absolute atomic E-state index is 12.5. The molecule has 2 atom stereocenters. The van der Waals surface area contributed by atoms with Crippen LogP contribution in [0.2, 0.25) is 5.04 Å². The van der Waals surface area contributed by atoms with E-state index in [-0.39, 0.29) is 11.1 Å². The van der Waals surface area contributed by atoms with Crippen molar-refractivity contribution >= 4 is 30.8 Å². The Bertz CT molecular complexity index is 873. The summed E-state index contributed by atoms with van der Waals surface area (Å²) in [4.78, 5) is 26.2. The summed E-state index contributed by atoms with van der Waals surface area (Å²) in [5.74, 6) is -0.453. The topological polar surface area (TPSA) is 65.1 Å². The highest BCUT2D eigenvalue weighted by molar-refractivity contribution is 6.99. The molecule has 0 spiro atoms. The highest BCUT2D eigenvalue weighted by atomic mass is 28.4. The number of esters is 1. The van der Waals surface area contributed by atoms with Gasteiger partial charge in [-0.15, -0.1) is 0 Å². The van der Waals surface area contributed by atoms with Gasteiger partial charge in [0.2, 0.25) is 0 Å². The van der Waals surface area contributed by atoms with E-state index in [2.05, 4.69) is 45.0 Å². The maximum atomic E-state index is 12.5. The minimum Gasteiger partial charge on any atom is -0.467 e. The molecule has 0 N–H and O–H groups in total. The number of hydrogen-bond donors (Lipinski definition) is 0. The number of amides is 1. The molecule has 1 saturated heterocycles. The number of piperidine rings is 1. The summed E-state index contributed by atoms with van der Waals surface area (Å²) in [6, 6.07) is 20.1. The van der Waals surface area contributed by atoms with Crippen LogP contribution >= 0.6 is 0 Å². The summed E-state index contributed by atoms with van der Waals surface area (Å²) in [5, 5.41) is 2.20. The molecule has 0 bridgehead atoms. The number of hydrogen-bond acceptors (Lipinski definition) is 5. The van der Waals surface area contributed by atoms with Gasteiger partial charge in [0.05, 0.1) is 20.3 Å². The van der Waals surface area contributed by atoms with E-state index in [0.29, 0.717) is 19.4 Å². The molecular weight excluding hydrogens is 422 g/mol. The van der Waals surface area contributed by atoms with Gasteiger partial charge in [-0.05, 0) is 21.8 Å². The first kappa shape index (κ1) is 24.0. The zero-order valence-corrected chi connectivity index (χ0v) is 20.5. The van der Waals surface area contributed by atoms with Crippen LogP contribution in [-0.2, 0) is 18.7 Å². The number of methoxy groups -OCH3 is 2. The molecule has 32 heavy (non-hydrogen) atoms. The summed E-state index contributed by atoms with van der Waals surface area (Å²) in [7, 11) is -0.0969. The lowest BCUT2D eigenvalue weighted by atomic mass is 10.00. The zero-order valence-electron chi connectivity index (χ0n) is 19.5. The van der Waals surface area contributed by atoms with E-state index in [1.54, 1.807) is 0 Å². The number of nitrogens with zero attached hydrogens (tertiary/aromatic N) is 1. The second kappa shape index (κ2) is 9.88. The Morgan fingerprint density at radius 3 is 1.88 bits per heavy atom. The van der Waals surface area contributed by atoms with Gasteiger partial charge in [-0.1, -0.05) is 81.4 Å². The number of likely N-dealkylation sites (tertiary alicyclic amines) is 1. The van der Waals surface area contributed by atoms with Crippen molar-refractivity contribution in [2.75, 3.05) is 20.8 Å². The third kappa shape index (κ3) is 4.59. The van der Waals surface area contributed by atoms with E-state index >= 15 is 0 Å². The van der Waals surface area contributed by atoms with Gasteiger partial charge in [-0.3, -0.25) is 4.90 Å². The third-order valence-corrected chi connectivity index (χ3v) is 11.3. The fourth-order valence-electron chi connectivity index (χ4n) is 4.68. The van der Waals surface area contributed by atoms with Gasteiger partial charge in [-0.25, -0.2) is 9.59 Å². The van der Waals surface area contributed by atoms with Crippen LogP contribution in [0.4, 0.5) is 4.79 Å². The second-order valence-electron chi connectivity index (χ2n) is 9.13. The Labute approximate surface area is 191 Å². The number of carbonyl (C=O) groups excluding carboxylic acids is 2. The molecule has 0 unspecified atom stereocenters. The predicted octanol–water partition coefficient (Wildman–Crippen LogP) is 3.34. The fraction of sp³-hybridized carbons (Fsp3) is 0.440. The van der Waals surface area contributed by atoms with Crippen LogP contribution in [0.25, 0.3) is 0 Å². The van der Waals surface area contributed by atoms with Gasteiger partial charge >= 0.3 is 12.1 Å². The minimum absolute atomic E-state index is 0.171. The molecule has 1 aliphatic heterocycles. The Hall–Kier alpha value is -2.64. The van der Waals surface area contributed by atoms with E-state index in [1.807, 2.05) is 36.4 Å². The van der Waals surface area contributed by atoms with E-state index in [9.17, 15) is 9.59 Å². The van der Waals surface area contributed by atoms with Crippen molar-refractivity contribution in [2.45, 2.75) is 50.8 Å². The van der Waals surface area contributed by atoms with Gasteiger partial charge in [0.25, 0.3) is 8.32 Å². The lowest BCUT2D eigenvalue weighted by Gasteiger charge is -2.47. The van der Waals surface area contributed by atoms with Crippen molar-refractivity contribution in [3.05, 3.63) is 60.7 Å². The molecule has 2 aromatic rings. The van der Waals surface area contributed by atoms with Crippen molar-refractivity contribution in [1.82, 2.24) is 4.90 Å². The van der Waals surface area contributed by atoms with E-state index in [0.717, 1.165) is 0 Å². The van der Waals surface area contributed by atoms with Gasteiger partial charge in [0.1, 0.15) is 6.04 Å². The molecule has 3 rings (SSSR count). The van der Waals surface area contributed by atoms with Gasteiger partial charge < -0.3 is 13.9 Å². The van der Waals surface area contributed by atoms with Crippen LogP contribution < -0.4 is 10.4 Å². The first-order chi connectivity index (χ1) is 15.2. The molecule has 0 aliphatic carbocycles. The van der Waals surface area contributed by atoms with Crippen LogP contribution in [0.5, 0.6) is 0 Å². The van der Waals surface area contributed by atoms with Crippen molar-refractivity contribution < 1.29 is 23.5 Å². The van der Waals surface area contributed by atoms with Crippen molar-refractivity contribution in [1.29, 1.82) is 0 Å². The predicted molar refractivity (Wildman–Crippen MR) is 127 cm³/mol. The summed E-state index contributed by atoms with van der Waals surface area (Å²) < 4.78 is 17.0. The Kier molecular flexibility index (Phi) is 7.41. The lowest BCUT2D eigenvalue weighted by Crippen LogP contribution is -2.68. The monoisotopic (exact) mass is 455 g/mol. The number of ether oxygens (including phenoxy) is 2.